The van der Waals surface area contributed by atoms with Gasteiger partial charge in [0, 0.05) is 17.7 Å². The lowest BCUT2D eigenvalue weighted by Gasteiger charge is -2.20. The average Bonchev–Trinajstić information content (AvgIpc) is 2.92. The topological polar surface area (TPSA) is 29.1 Å². The zero-order valence-electron chi connectivity index (χ0n) is 10.7. The summed E-state index contributed by atoms with van der Waals surface area (Å²) in [4.78, 5) is 12.0. The summed E-state index contributed by atoms with van der Waals surface area (Å²) in [5, 5.41) is 3.90. The minimum atomic E-state index is 0.259. The molecule has 0 unspecified atom stereocenters. The predicted octanol–water partition coefficient (Wildman–Crippen LogP) is 3.13. The monoisotopic (exact) mass is 253 g/mol. The van der Waals surface area contributed by atoms with Gasteiger partial charge in [-0.15, -0.1) is 0 Å². The van der Waals surface area contributed by atoms with E-state index < -0.39 is 0 Å². The first-order valence-electron chi connectivity index (χ1n) is 6.87. The molecule has 1 fully saturated rings. The fraction of sp³-hybridized carbons (Fsp3) is 0.786. The van der Waals surface area contributed by atoms with Gasteiger partial charge in [0.25, 0.3) is 0 Å². The van der Waals surface area contributed by atoms with Gasteiger partial charge in [0.05, 0.1) is 0 Å². The molecule has 0 aliphatic heterocycles. The maximum atomic E-state index is 12.0. The third kappa shape index (κ3) is 3.77. The van der Waals surface area contributed by atoms with E-state index in [2.05, 4.69) is 24.4 Å². The summed E-state index contributed by atoms with van der Waals surface area (Å²) >= 11 is 2.00. The van der Waals surface area contributed by atoms with Gasteiger partial charge in [-0.2, -0.15) is 11.8 Å². The number of amides is 1. The Hall–Kier alpha value is -0.440. The molecule has 0 saturated heterocycles. The van der Waals surface area contributed by atoms with E-state index in [4.69, 9.17) is 0 Å². The van der Waals surface area contributed by atoms with Gasteiger partial charge in [0.2, 0.25) is 5.91 Å². The summed E-state index contributed by atoms with van der Waals surface area (Å²) in [7, 11) is 0. The van der Waals surface area contributed by atoms with Crippen molar-refractivity contribution in [2.24, 2.45) is 5.92 Å². The number of hydrogen-bond donors (Lipinski definition) is 1. The highest BCUT2D eigenvalue weighted by Crippen LogP contribution is 2.30. The van der Waals surface area contributed by atoms with E-state index in [-0.39, 0.29) is 5.91 Å². The van der Waals surface area contributed by atoms with Crippen LogP contribution in [-0.2, 0) is 4.79 Å². The molecule has 1 saturated carbocycles. The highest BCUT2D eigenvalue weighted by atomic mass is 32.2. The third-order valence-electron chi connectivity index (χ3n) is 3.74. The Bertz CT molecular complexity index is 290. The summed E-state index contributed by atoms with van der Waals surface area (Å²) in [6.07, 6.45) is 11.1. The predicted molar refractivity (Wildman–Crippen MR) is 74.2 cm³/mol. The van der Waals surface area contributed by atoms with Crippen molar-refractivity contribution in [3.8, 4) is 0 Å². The Morgan fingerprint density at radius 1 is 1.41 bits per heavy atom. The van der Waals surface area contributed by atoms with E-state index in [9.17, 15) is 4.79 Å². The minimum Gasteiger partial charge on any atom is -0.352 e. The Morgan fingerprint density at radius 2 is 2.29 bits per heavy atom. The Balaban J connectivity index is 1.75. The van der Waals surface area contributed by atoms with E-state index in [1.54, 1.807) is 0 Å². The molecule has 2 nitrogen and oxygen atoms in total. The van der Waals surface area contributed by atoms with Gasteiger partial charge in [0.15, 0.2) is 0 Å². The summed E-state index contributed by atoms with van der Waals surface area (Å²) < 4.78 is 0. The highest BCUT2D eigenvalue weighted by Gasteiger charge is 2.28. The van der Waals surface area contributed by atoms with Crippen LogP contribution in [0.25, 0.3) is 0 Å². The van der Waals surface area contributed by atoms with E-state index in [1.807, 2.05) is 11.8 Å². The van der Waals surface area contributed by atoms with Gasteiger partial charge in [0.1, 0.15) is 0 Å². The normalized spacial score (nSPS) is 31.9. The average molecular weight is 253 g/mol. The lowest BCUT2D eigenvalue weighted by molar-refractivity contribution is -0.122. The summed E-state index contributed by atoms with van der Waals surface area (Å²) in [5.41, 5.74) is 0. The SMILES string of the molecule is CCS[C@@H]1CCC[C@@H]1NC(=O)C[C@H]1C=CCC1. The smallest absolute Gasteiger partial charge is 0.220 e. The quantitative estimate of drug-likeness (QED) is 0.763. The van der Waals surface area contributed by atoms with Crippen LogP contribution in [0.3, 0.4) is 0 Å². The van der Waals surface area contributed by atoms with E-state index in [0.717, 1.165) is 18.6 Å². The van der Waals surface area contributed by atoms with Crippen molar-refractivity contribution in [3.63, 3.8) is 0 Å². The van der Waals surface area contributed by atoms with E-state index >= 15 is 0 Å². The second kappa shape index (κ2) is 6.48. The molecule has 0 aromatic rings. The van der Waals surface area contributed by atoms with Crippen LogP contribution in [0.2, 0.25) is 0 Å². The van der Waals surface area contributed by atoms with Crippen LogP contribution in [0.4, 0.5) is 0 Å². The molecule has 0 spiro atoms. The molecule has 3 atom stereocenters. The van der Waals surface area contributed by atoms with Crippen LogP contribution in [0, 0.1) is 5.92 Å². The molecule has 0 bridgehead atoms. The highest BCUT2D eigenvalue weighted by molar-refractivity contribution is 7.99. The second-order valence-corrected chi connectivity index (χ2v) is 6.58. The van der Waals surface area contributed by atoms with Crippen LogP contribution in [0.15, 0.2) is 12.2 Å². The molecule has 3 heteroatoms. The first-order valence-corrected chi connectivity index (χ1v) is 7.92. The Kier molecular flexibility index (Phi) is 4.96. The molecular weight excluding hydrogens is 230 g/mol. The first kappa shape index (κ1) is 13.0. The number of thioether (sulfide) groups is 1. The molecule has 2 aliphatic carbocycles. The molecule has 1 amide bonds. The summed E-state index contributed by atoms with van der Waals surface area (Å²) in [6, 6.07) is 0.429. The van der Waals surface area contributed by atoms with Crippen molar-refractivity contribution in [2.75, 3.05) is 5.75 Å². The number of hydrogen-bond acceptors (Lipinski definition) is 2. The molecule has 2 aliphatic rings. The van der Waals surface area contributed by atoms with Crippen molar-refractivity contribution in [1.82, 2.24) is 5.32 Å². The standard InChI is InChI=1S/C14H23NOS/c1-2-17-13-9-5-8-12(13)15-14(16)10-11-6-3-4-7-11/h3,6,11-13H,2,4-5,7-10H2,1H3,(H,15,16)/t11-,12-,13+/m0/s1. The van der Waals surface area contributed by atoms with Crippen molar-refractivity contribution >= 4 is 17.7 Å². The summed E-state index contributed by atoms with van der Waals surface area (Å²) in [5.74, 6) is 1.91. The first-order chi connectivity index (χ1) is 8.29. The fourth-order valence-electron chi connectivity index (χ4n) is 2.87. The lowest BCUT2D eigenvalue weighted by Crippen LogP contribution is -2.39. The van der Waals surface area contributed by atoms with Gasteiger partial charge < -0.3 is 5.32 Å². The van der Waals surface area contributed by atoms with Crippen LogP contribution in [0.5, 0.6) is 0 Å². The minimum absolute atomic E-state index is 0.259. The van der Waals surface area contributed by atoms with Crippen molar-refractivity contribution < 1.29 is 4.79 Å². The second-order valence-electron chi connectivity index (χ2n) is 5.07. The number of nitrogens with one attached hydrogen (secondary N) is 1. The van der Waals surface area contributed by atoms with Crippen LogP contribution < -0.4 is 5.32 Å². The maximum absolute atomic E-state index is 12.0. The Morgan fingerprint density at radius 3 is 3.00 bits per heavy atom. The van der Waals surface area contributed by atoms with Crippen LogP contribution in [-0.4, -0.2) is 23.0 Å². The van der Waals surface area contributed by atoms with Gasteiger partial charge in [-0.3, -0.25) is 4.79 Å². The number of carbonyl (C=O) groups excluding carboxylic acids is 1. The molecular formula is C14H23NOS. The van der Waals surface area contributed by atoms with E-state index in [1.165, 1.54) is 19.3 Å². The third-order valence-corrected chi connectivity index (χ3v) is 5.07. The molecule has 0 heterocycles. The van der Waals surface area contributed by atoms with Gasteiger partial charge >= 0.3 is 0 Å². The van der Waals surface area contributed by atoms with Crippen molar-refractivity contribution in [2.45, 2.75) is 56.7 Å². The van der Waals surface area contributed by atoms with E-state index in [0.29, 0.717) is 23.6 Å². The maximum Gasteiger partial charge on any atom is 0.220 e. The van der Waals surface area contributed by atoms with Gasteiger partial charge in [-0.05, 0) is 37.4 Å². The van der Waals surface area contributed by atoms with Gasteiger partial charge in [-0.1, -0.05) is 25.5 Å². The molecule has 2 rings (SSSR count). The molecule has 0 radical (unpaired) electrons. The fourth-order valence-corrected chi connectivity index (χ4v) is 4.07. The van der Waals surface area contributed by atoms with Crippen molar-refractivity contribution in [3.05, 3.63) is 12.2 Å². The zero-order chi connectivity index (χ0) is 12.1. The lowest BCUT2D eigenvalue weighted by atomic mass is 10.0. The molecule has 0 aromatic heterocycles. The zero-order valence-corrected chi connectivity index (χ0v) is 11.5. The largest absolute Gasteiger partial charge is 0.352 e. The van der Waals surface area contributed by atoms with Crippen LogP contribution >= 0.6 is 11.8 Å². The summed E-state index contributed by atoms with van der Waals surface area (Å²) in [6.45, 7) is 2.20. The Labute approximate surface area is 109 Å². The van der Waals surface area contributed by atoms with Gasteiger partial charge in [-0.25, -0.2) is 0 Å². The number of rotatable bonds is 5. The molecule has 0 aromatic carbocycles. The number of carbonyl (C=O) groups is 1. The van der Waals surface area contributed by atoms with Crippen molar-refractivity contribution in [1.29, 1.82) is 0 Å². The number of allylic oxidation sites excluding steroid dienone is 2. The van der Waals surface area contributed by atoms with Crippen LogP contribution in [0.1, 0.15) is 45.4 Å². The molecule has 1 N–H and O–H groups in total. The molecule has 17 heavy (non-hydrogen) atoms. The molecule has 96 valence electrons.